The van der Waals surface area contributed by atoms with Gasteiger partial charge in [-0.25, -0.2) is 0 Å². The predicted molar refractivity (Wildman–Crippen MR) is 160 cm³/mol. The molecule has 1 aliphatic heterocycles. The van der Waals surface area contributed by atoms with Crippen LogP contribution in [-0.2, 0) is 27.2 Å². The van der Waals surface area contributed by atoms with Crippen molar-refractivity contribution in [2.45, 2.75) is 75.7 Å². The third-order valence-corrected chi connectivity index (χ3v) is 7.50. The summed E-state index contributed by atoms with van der Waals surface area (Å²) in [6, 6.07) is 9.03. The van der Waals surface area contributed by atoms with Crippen molar-refractivity contribution in [3.63, 3.8) is 0 Å². The number of aliphatic hydroxyl groups is 4. The number of amides is 2. The number of phenolic OH excluding ortho intramolecular Hbond substituents is 3. The molecule has 250 valence electrons. The molecule has 1 heterocycles. The SMILES string of the molecule is O=C(CCc1ccc(O)c(O)c1)NCCCC[NH2+]CCCNC(=O)CCc1ccc(O)c(O[C@@H]2O[C@H](CO)[C@@H](O)[C@H](O)[C@H]2O)c1. The van der Waals surface area contributed by atoms with Crippen molar-refractivity contribution in [2.75, 3.05) is 32.8 Å². The minimum atomic E-state index is -1.62. The molecule has 0 unspecified atom stereocenters. The fourth-order valence-electron chi connectivity index (χ4n) is 4.78. The zero-order valence-electron chi connectivity index (χ0n) is 25.2. The molecular weight excluding hydrogens is 590 g/mol. The second-order valence-corrected chi connectivity index (χ2v) is 11.1. The number of hydrogen-bond donors (Lipinski definition) is 10. The molecule has 14 nitrogen and oxygen atoms in total. The van der Waals surface area contributed by atoms with Gasteiger partial charge < -0.3 is 61.2 Å². The average molecular weight is 637 g/mol. The lowest BCUT2D eigenvalue weighted by Gasteiger charge is -2.39. The van der Waals surface area contributed by atoms with Gasteiger partial charge in [-0.1, -0.05) is 12.1 Å². The van der Waals surface area contributed by atoms with Gasteiger partial charge in [0.1, 0.15) is 24.4 Å². The van der Waals surface area contributed by atoms with E-state index in [2.05, 4.69) is 16.0 Å². The Bertz CT molecular complexity index is 1230. The molecule has 5 atom stereocenters. The van der Waals surface area contributed by atoms with Crippen LogP contribution >= 0.6 is 0 Å². The highest BCUT2D eigenvalue weighted by molar-refractivity contribution is 5.76. The molecule has 11 N–H and O–H groups in total. The van der Waals surface area contributed by atoms with Crippen LogP contribution in [0.15, 0.2) is 36.4 Å². The molecule has 2 amide bonds. The number of carbonyl (C=O) groups excluding carboxylic acids is 2. The zero-order chi connectivity index (χ0) is 32.8. The van der Waals surface area contributed by atoms with Crippen LogP contribution < -0.4 is 20.7 Å². The first kappa shape index (κ1) is 35.8. The smallest absolute Gasteiger partial charge is 0.229 e. The van der Waals surface area contributed by atoms with Gasteiger partial charge in [-0.05, 0) is 61.1 Å². The molecule has 0 aliphatic carbocycles. The summed E-state index contributed by atoms with van der Waals surface area (Å²) in [6.45, 7) is 2.27. The summed E-state index contributed by atoms with van der Waals surface area (Å²) in [4.78, 5) is 24.3. The zero-order valence-corrected chi connectivity index (χ0v) is 25.2. The monoisotopic (exact) mass is 636 g/mol. The van der Waals surface area contributed by atoms with Gasteiger partial charge in [-0.15, -0.1) is 0 Å². The molecule has 0 aromatic heterocycles. The summed E-state index contributed by atoms with van der Waals surface area (Å²) in [6.07, 6.45) is -3.40. The lowest BCUT2D eigenvalue weighted by atomic mass is 9.99. The summed E-state index contributed by atoms with van der Waals surface area (Å²) in [5.41, 5.74) is 1.46. The average Bonchev–Trinajstić information content (AvgIpc) is 3.02. The predicted octanol–water partition coefficient (Wildman–Crippen LogP) is -1.49. The first-order valence-electron chi connectivity index (χ1n) is 15.2. The second kappa shape index (κ2) is 18.3. The number of benzene rings is 2. The number of nitrogens with one attached hydrogen (secondary N) is 2. The number of unbranched alkanes of at least 4 members (excludes halogenated alkanes) is 1. The van der Waals surface area contributed by atoms with E-state index in [9.17, 15) is 45.3 Å². The lowest BCUT2D eigenvalue weighted by Crippen LogP contribution is -2.84. The van der Waals surface area contributed by atoms with Crippen LogP contribution in [0.1, 0.15) is 43.2 Å². The standard InChI is InChI=1S/C31H45N3O11/c35-18-25-28(41)29(42)30(43)31(45-25)44-24-17-20(5-9-22(24)37)7-11-27(40)34-15-3-13-32-12-1-2-14-33-26(39)10-6-19-4-8-21(36)23(38)16-19/h4-5,8-9,16-17,25,28-32,35-38,41-43H,1-3,6-7,10-15,18H2,(H,33,39)(H,34,40)/p+1/t25-,28-,29+,30-,31-/m1/s1. The molecule has 3 rings (SSSR count). The molecule has 1 aliphatic rings. The van der Waals surface area contributed by atoms with Crippen molar-refractivity contribution in [3.05, 3.63) is 47.5 Å². The van der Waals surface area contributed by atoms with Gasteiger partial charge in [0.2, 0.25) is 18.1 Å². The Labute approximate surface area is 261 Å². The van der Waals surface area contributed by atoms with Crippen LogP contribution in [0.4, 0.5) is 0 Å². The fraction of sp³-hybridized carbons (Fsp3) is 0.548. The number of aromatic hydroxyl groups is 3. The summed E-state index contributed by atoms with van der Waals surface area (Å²) in [5, 5.41) is 76.3. The third-order valence-electron chi connectivity index (χ3n) is 7.50. The molecule has 14 heteroatoms. The van der Waals surface area contributed by atoms with Crippen molar-refractivity contribution in [1.82, 2.24) is 10.6 Å². The number of quaternary nitrogens is 1. The minimum absolute atomic E-state index is 0.0392. The number of ether oxygens (including phenoxy) is 2. The molecule has 1 fully saturated rings. The van der Waals surface area contributed by atoms with E-state index in [4.69, 9.17) is 9.47 Å². The molecule has 2 aromatic rings. The fourth-order valence-corrected chi connectivity index (χ4v) is 4.78. The lowest BCUT2D eigenvalue weighted by molar-refractivity contribution is -0.655. The maximum atomic E-state index is 12.3. The van der Waals surface area contributed by atoms with E-state index in [1.54, 1.807) is 12.1 Å². The third kappa shape index (κ3) is 11.7. The van der Waals surface area contributed by atoms with E-state index >= 15 is 0 Å². The van der Waals surface area contributed by atoms with Crippen LogP contribution in [0.2, 0.25) is 0 Å². The molecule has 0 radical (unpaired) electrons. The van der Waals surface area contributed by atoms with Gasteiger partial charge in [-0.3, -0.25) is 9.59 Å². The number of aryl methyl sites for hydroxylation is 2. The molecule has 0 saturated carbocycles. The van der Waals surface area contributed by atoms with Crippen LogP contribution in [0.3, 0.4) is 0 Å². The maximum absolute atomic E-state index is 12.3. The number of aliphatic hydroxyl groups excluding tert-OH is 4. The molecule has 45 heavy (non-hydrogen) atoms. The Morgan fingerprint density at radius 3 is 2.00 bits per heavy atom. The van der Waals surface area contributed by atoms with E-state index in [1.807, 2.05) is 0 Å². The van der Waals surface area contributed by atoms with Crippen LogP contribution in [-0.4, -0.2) is 111 Å². The van der Waals surface area contributed by atoms with E-state index in [0.29, 0.717) is 37.9 Å². The molecular formula is C31H46N3O11+. The Balaban J connectivity index is 1.22. The van der Waals surface area contributed by atoms with Crippen molar-refractivity contribution in [3.8, 4) is 23.0 Å². The number of carbonyl (C=O) groups is 2. The van der Waals surface area contributed by atoms with Crippen LogP contribution in [0.5, 0.6) is 23.0 Å². The van der Waals surface area contributed by atoms with E-state index < -0.39 is 37.3 Å². The summed E-state index contributed by atoms with van der Waals surface area (Å²) in [7, 11) is 0. The van der Waals surface area contributed by atoms with Crippen LogP contribution in [0, 0.1) is 0 Å². The van der Waals surface area contributed by atoms with Gasteiger partial charge in [0.25, 0.3) is 0 Å². The van der Waals surface area contributed by atoms with E-state index in [-0.39, 0.29) is 41.2 Å². The van der Waals surface area contributed by atoms with Gasteiger partial charge in [0.05, 0.1) is 19.7 Å². The largest absolute Gasteiger partial charge is 0.504 e. The summed E-state index contributed by atoms with van der Waals surface area (Å²) >= 11 is 0. The van der Waals surface area contributed by atoms with Gasteiger partial charge in [-0.2, -0.15) is 0 Å². The number of phenols is 3. The Morgan fingerprint density at radius 2 is 1.36 bits per heavy atom. The summed E-state index contributed by atoms with van der Waals surface area (Å²) in [5.74, 6) is -0.852. The minimum Gasteiger partial charge on any atom is -0.504 e. The van der Waals surface area contributed by atoms with Gasteiger partial charge in [0.15, 0.2) is 23.0 Å². The van der Waals surface area contributed by atoms with E-state index in [1.165, 1.54) is 24.3 Å². The summed E-state index contributed by atoms with van der Waals surface area (Å²) < 4.78 is 10.9. The molecule has 0 bridgehead atoms. The topological polar surface area (TPSA) is 235 Å². The van der Waals surface area contributed by atoms with E-state index in [0.717, 1.165) is 37.9 Å². The second-order valence-electron chi connectivity index (χ2n) is 11.1. The highest BCUT2D eigenvalue weighted by Gasteiger charge is 2.44. The number of hydrogen-bond acceptors (Lipinski definition) is 11. The first-order chi connectivity index (χ1) is 21.6. The Kier molecular flexibility index (Phi) is 14.6. The van der Waals surface area contributed by atoms with Gasteiger partial charge in [0, 0.05) is 32.4 Å². The van der Waals surface area contributed by atoms with Crippen molar-refractivity contribution in [2.24, 2.45) is 0 Å². The Hall–Kier alpha value is -3.66. The number of nitrogens with two attached hydrogens (primary N) is 1. The van der Waals surface area contributed by atoms with Crippen molar-refractivity contribution >= 4 is 11.8 Å². The quantitative estimate of drug-likeness (QED) is 0.0669. The molecule has 0 spiro atoms. The maximum Gasteiger partial charge on any atom is 0.229 e. The first-order valence-corrected chi connectivity index (χ1v) is 15.2. The highest BCUT2D eigenvalue weighted by Crippen LogP contribution is 2.31. The normalized spacial score (nSPS) is 21.3. The molecule has 2 aromatic carbocycles. The van der Waals surface area contributed by atoms with Crippen molar-refractivity contribution in [1.29, 1.82) is 0 Å². The van der Waals surface area contributed by atoms with Crippen molar-refractivity contribution < 1.29 is 60.1 Å². The number of rotatable bonds is 18. The highest BCUT2D eigenvalue weighted by atomic mass is 16.7. The molecule has 1 saturated heterocycles. The van der Waals surface area contributed by atoms with Crippen LogP contribution in [0.25, 0.3) is 0 Å². The van der Waals surface area contributed by atoms with Gasteiger partial charge >= 0.3 is 0 Å². The Morgan fingerprint density at radius 1 is 0.756 bits per heavy atom.